The second kappa shape index (κ2) is 6.13. The first-order valence-electron chi connectivity index (χ1n) is 7.37. The van der Waals surface area contributed by atoms with Crippen LogP contribution in [0.2, 0.25) is 13.1 Å². The number of benzene rings is 2. The number of carbonyl (C=O) groups is 1. The van der Waals surface area contributed by atoms with Crippen molar-refractivity contribution in [2.75, 3.05) is 7.11 Å². The molecule has 22 heavy (non-hydrogen) atoms. The normalized spacial score (nSPS) is 11.8. The highest BCUT2D eigenvalue weighted by Gasteiger charge is 2.20. The lowest BCUT2D eigenvalue weighted by Crippen LogP contribution is -2.16. The lowest BCUT2D eigenvalue weighted by molar-refractivity contribution is 0.0599. The minimum absolute atomic E-state index is 0.0406. The van der Waals surface area contributed by atoms with Gasteiger partial charge >= 0.3 is 5.97 Å². The van der Waals surface area contributed by atoms with Crippen molar-refractivity contribution in [1.82, 2.24) is 0 Å². The summed E-state index contributed by atoms with van der Waals surface area (Å²) in [5.41, 5.74) is 1.75. The molecule has 3 nitrogen and oxygen atoms in total. The van der Waals surface area contributed by atoms with Gasteiger partial charge in [-0.3, -0.25) is 0 Å². The van der Waals surface area contributed by atoms with Crippen LogP contribution in [0.1, 0.15) is 36.7 Å². The summed E-state index contributed by atoms with van der Waals surface area (Å²) in [7, 11) is 0.399. The Bertz CT molecular complexity index is 699. The van der Waals surface area contributed by atoms with Crippen molar-refractivity contribution in [2.45, 2.75) is 39.3 Å². The van der Waals surface area contributed by atoms with E-state index in [4.69, 9.17) is 9.16 Å². The van der Waals surface area contributed by atoms with Crippen molar-refractivity contribution in [2.24, 2.45) is 0 Å². The van der Waals surface area contributed by atoms with Crippen molar-refractivity contribution in [3.8, 4) is 5.75 Å². The van der Waals surface area contributed by atoms with Crippen molar-refractivity contribution in [1.29, 1.82) is 0 Å². The summed E-state index contributed by atoms with van der Waals surface area (Å²) >= 11 is 0. The first kappa shape index (κ1) is 16.6. The summed E-state index contributed by atoms with van der Waals surface area (Å²) in [5.74, 6) is 0.288. The average Bonchev–Trinajstić information content (AvgIpc) is 2.44. The molecule has 0 N–H and O–H groups in total. The molecule has 0 aliphatic rings. The van der Waals surface area contributed by atoms with Crippen LogP contribution in [0.4, 0.5) is 0 Å². The van der Waals surface area contributed by atoms with Gasteiger partial charge in [-0.05, 0) is 41.6 Å². The van der Waals surface area contributed by atoms with Crippen LogP contribution < -0.4 is 4.43 Å². The lowest BCUT2D eigenvalue weighted by Gasteiger charge is -2.21. The van der Waals surface area contributed by atoms with Gasteiger partial charge in [-0.1, -0.05) is 39.0 Å². The van der Waals surface area contributed by atoms with Crippen molar-refractivity contribution in [3.63, 3.8) is 0 Å². The summed E-state index contributed by atoms with van der Waals surface area (Å²) in [6, 6.07) is 10.1. The van der Waals surface area contributed by atoms with Crippen LogP contribution in [0.15, 0.2) is 30.3 Å². The third kappa shape index (κ3) is 3.33. The Balaban J connectivity index is 2.74. The molecule has 0 unspecified atom stereocenters. The molecule has 2 aromatic rings. The van der Waals surface area contributed by atoms with E-state index in [2.05, 4.69) is 52.1 Å². The fraction of sp³-hybridized carbons (Fsp3) is 0.389. The molecule has 117 valence electrons. The molecule has 0 atom stereocenters. The van der Waals surface area contributed by atoms with Crippen molar-refractivity contribution >= 4 is 25.8 Å². The van der Waals surface area contributed by atoms with E-state index in [-0.39, 0.29) is 11.4 Å². The molecule has 4 heteroatoms. The van der Waals surface area contributed by atoms with Gasteiger partial charge in [0, 0.05) is 5.39 Å². The number of ether oxygens (including phenoxy) is 1. The Kier molecular flexibility index (Phi) is 4.61. The molecule has 0 fully saturated rings. The Labute approximate surface area is 134 Å². The lowest BCUT2D eigenvalue weighted by atomic mass is 9.85. The zero-order chi connectivity index (χ0) is 16.5. The Morgan fingerprint density at radius 1 is 1.09 bits per heavy atom. The number of esters is 1. The van der Waals surface area contributed by atoms with Gasteiger partial charge in [-0.25, -0.2) is 4.79 Å². The van der Waals surface area contributed by atoms with E-state index in [0.29, 0.717) is 11.3 Å². The van der Waals surface area contributed by atoms with E-state index in [9.17, 15) is 4.79 Å². The predicted molar refractivity (Wildman–Crippen MR) is 92.1 cm³/mol. The van der Waals surface area contributed by atoms with Crippen LogP contribution >= 0.6 is 0 Å². The van der Waals surface area contributed by atoms with E-state index in [1.807, 2.05) is 6.07 Å². The molecular weight excluding hydrogens is 292 g/mol. The standard InChI is InChI=1S/C18H23O3Si/c1-18(2,3)13-9-7-12-8-10-14(17(19)20-4)16(15(12)11-13)21-22(5)6/h7-11H,1-6H3. The molecule has 0 aromatic heterocycles. The Hall–Kier alpha value is -1.81. The van der Waals surface area contributed by atoms with Gasteiger partial charge in [-0.15, -0.1) is 0 Å². The highest BCUT2D eigenvalue weighted by Crippen LogP contribution is 2.34. The van der Waals surface area contributed by atoms with E-state index in [1.165, 1.54) is 12.7 Å². The van der Waals surface area contributed by atoms with Gasteiger partial charge in [0.15, 0.2) is 0 Å². The largest absolute Gasteiger partial charge is 0.542 e. The van der Waals surface area contributed by atoms with E-state index >= 15 is 0 Å². The van der Waals surface area contributed by atoms with Crippen molar-refractivity contribution < 1.29 is 14.0 Å². The zero-order valence-corrected chi connectivity index (χ0v) is 15.1. The zero-order valence-electron chi connectivity index (χ0n) is 14.1. The molecule has 0 aliphatic heterocycles. The first-order chi connectivity index (χ1) is 10.2. The number of rotatable bonds is 3. The molecule has 2 rings (SSSR count). The third-order valence-corrected chi connectivity index (χ3v) is 4.16. The number of hydrogen-bond acceptors (Lipinski definition) is 3. The highest BCUT2D eigenvalue weighted by molar-refractivity contribution is 6.49. The van der Waals surface area contributed by atoms with E-state index < -0.39 is 9.04 Å². The molecule has 0 saturated heterocycles. The molecule has 0 heterocycles. The number of fused-ring (bicyclic) bond motifs is 1. The van der Waals surface area contributed by atoms with Gasteiger partial charge in [0.2, 0.25) is 0 Å². The number of carbonyl (C=O) groups excluding carboxylic acids is 1. The van der Waals surface area contributed by atoms with Crippen LogP contribution in [0, 0.1) is 0 Å². The molecule has 1 radical (unpaired) electrons. The van der Waals surface area contributed by atoms with Crippen LogP contribution in [0.5, 0.6) is 5.75 Å². The first-order valence-corrected chi connectivity index (χ1v) is 9.78. The minimum Gasteiger partial charge on any atom is -0.542 e. The Morgan fingerprint density at radius 2 is 1.73 bits per heavy atom. The molecule has 0 saturated carbocycles. The maximum atomic E-state index is 12.1. The van der Waals surface area contributed by atoms with Gasteiger partial charge in [0.25, 0.3) is 9.04 Å². The van der Waals surface area contributed by atoms with E-state index in [1.54, 1.807) is 6.07 Å². The van der Waals surface area contributed by atoms with Crippen molar-refractivity contribution in [3.05, 3.63) is 41.5 Å². The molecule has 2 aromatic carbocycles. The van der Waals surface area contributed by atoms with E-state index in [0.717, 1.165) is 10.8 Å². The summed E-state index contributed by atoms with van der Waals surface area (Å²) in [6.07, 6.45) is 0. The SMILES string of the molecule is COC(=O)c1ccc2ccc(C(C)(C)C)cc2c1O[Si](C)C. The topological polar surface area (TPSA) is 35.5 Å². The molecule has 0 aliphatic carbocycles. The van der Waals surface area contributed by atoms with Gasteiger partial charge in [0.05, 0.1) is 7.11 Å². The molecular formula is C18H23O3Si. The highest BCUT2D eigenvalue weighted by atomic mass is 28.3. The van der Waals surface area contributed by atoms with Crippen LogP contribution in [0.3, 0.4) is 0 Å². The summed E-state index contributed by atoms with van der Waals surface area (Å²) in [4.78, 5) is 12.1. The van der Waals surface area contributed by atoms with Crippen LogP contribution in [0.25, 0.3) is 10.8 Å². The minimum atomic E-state index is -0.996. The second-order valence-electron chi connectivity index (χ2n) is 6.63. The summed E-state index contributed by atoms with van der Waals surface area (Å²) in [6.45, 7) is 10.6. The fourth-order valence-corrected chi connectivity index (χ4v) is 2.97. The summed E-state index contributed by atoms with van der Waals surface area (Å²) < 4.78 is 10.9. The van der Waals surface area contributed by atoms with Gasteiger partial charge in [-0.2, -0.15) is 0 Å². The average molecular weight is 315 g/mol. The van der Waals surface area contributed by atoms with Gasteiger partial charge in [0.1, 0.15) is 11.3 Å². The van der Waals surface area contributed by atoms with Crippen LogP contribution in [-0.2, 0) is 10.2 Å². The number of hydrogen-bond donors (Lipinski definition) is 0. The summed E-state index contributed by atoms with van der Waals surface area (Å²) in [5, 5.41) is 2.04. The molecule has 0 spiro atoms. The predicted octanol–water partition coefficient (Wildman–Crippen LogP) is 4.55. The monoisotopic (exact) mass is 315 g/mol. The van der Waals surface area contributed by atoms with Crippen LogP contribution in [-0.4, -0.2) is 22.1 Å². The smallest absolute Gasteiger partial charge is 0.341 e. The quantitative estimate of drug-likeness (QED) is 0.615. The second-order valence-corrected chi connectivity index (χ2v) is 8.65. The maximum Gasteiger partial charge on any atom is 0.341 e. The molecule has 0 amide bonds. The Morgan fingerprint density at radius 3 is 2.27 bits per heavy atom. The molecule has 0 bridgehead atoms. The number of methoxy groups -OCH3 is 1. The fourth-order valence-electron chi connectivity index (χ4n) is 2.34. The third-order valence-electron chi connectivity index (χ3n) is 3.55. The maximum absolute atomic E-state index is 12.1. The van der Waals surface area contributed by atoms with Gasteiger partial charge < -0.3 is 9.16 Å².